The second kappa shape index (κ2) is 6.68. The van der Waals surface area contributed by atoms with E-state index in [4.69, 9.17) is 0 Å². The van der Waals surface area contributed by atoms with Gasteiger partial charge >= 0.3 is 0 Å². The molecule has 3 aromatic rings. The van der Waals surface area contributed by atoms with E-state index in [2.05, 4.69) is 15.0 Å². The molecule has 2 heterocycles. The number of amides is 1. The smallest absolute Gasteiger partial charge is 0.250 e. The molecule has 2 aromatic heterocycles. The van der Waals surface area contributed by atoms with Gasteiger partial charge in [-0.1, -0.05) is 24.3 Å². The van der Waals surface area contributed by atoms with Crippen molar-refractivity contribution in [2.45, 2.75) is 17.2 Å². The van der Waals surface area contributed by atoms with E-state index in [-0.39, 0.29) is 4.21 Å². The highest BCUT2D eigenvalue weighted by Crippen LogP contribution is 2.17. The average molecular weight is 361 g/mol. The summed E-state index contributed by atoms with van der Waals surface area (Å²) in [6.45, 7) is 1.50. The van der Waals surface area contributed by atoms with Gasteiger partial charge in [0.25, 0.3) is 10.0 Å². The summed E-state index contributed by atoms with van der Waals surface area (Å²) >= 11 is 1.10. The van der Waals surface area contributed by atoms with Crippen molar-refractivity contribution in [3.8, 4) is 0 Å². The van der Waals surface area contributed by atoms with Crippen molar-refractivity contribution >= 4 is 43.9 Å². The number of fused-ring (bicyclic) bond motifs is 1. The zero-order chi connectivity index (χ0) is 17.2. The van der Waals surface area contributed by atoms with Crippen molar-refractivity contribution in [2.75, 3.05) is 5.32 Å². The summed E-state index contributed by atoms with van der Waals surface area (Å²) in [5.74, 6) is -0.452. The van der Waals surface area contributed by atoms with Crippen LogP contribution in [0.5, 0.6) is 0 Å². The van der Waals surface area contributed by atoms with Gasteiger partial charge in [0.15, 0.2) is 0 Å². The highest BCUT2D eigenvalue weighted by molar-refractivity contribution is 7.91. The van der Waals surface area contributed by atoms with E-state index in [0.717, 1.165) is 22.2 Å². The summed E-state index contributed by atoms with van der Waals surface area (Å²) < 4.78 is 26.8. The van der Waals surface area contributed by atoms with Gasteiger partial charge < -0.3 is 5.32 Å². The molecule has 0 aliphatic carbocycles. The molecule has 8 heteroatoms. The molecule has 0 bridgehead atoms. The molecule has 0 spiro atoms. The van der Waals surface area contributed by atoms with Crippen LogP contribution in [0.1, 0.15) is 6.92 Å². The number of anilines is 1. The van der Waals surface area contributed by atoms with Crippen LogP contribution in [0.15, 0.2) is 58.3 Å². The Bertz CT molecular complexity index is 969. The Kier molecular flexibility index (Phi) is 4.61. The highest BCUT2D eigenvalue weighted by atomic mass is 32.2. The van der Waals surface area contributed by atoms with E-state index < -0.39 is 22.0 Å². The number of thiophene rings is 1. The number of benzene rings is 1. The third kappa shape index (κ3) is 3.61. The van der Waals surface area contributed by atoms with Crippen molar-refractivity contribution in [3.63, 3.8) is 0 Å². The summed E-state index contributed by atoms with van der Waals surface area (Å²) in [6.07, 6.45) is 1.54. The lowest BCUT2D eigenvalue weighted by molar-refractivity contribution is -0.117. The molecule has 124 valence electrons. The van der Waals surface area contributed by atoms with E-state index in [1.165, 1.54) is 13.0 Å². The quantitative estimate of drug-likeness (QED) is 0.731. The zero-order valence-electron chi connectivity index (χ0n) is 12.8. The van der Waals surface area contributed by atoms with E-state index in [9.17, 15) is 13.2 Å². The molecular weight excluding hydrogens is 346 g/mol. The second-order valence-corrected chi connectivity index (χ2v) is 8.07. The lowest BCUT2D eigenvalue weighted by Gasteiger charge is -2.14. The molecule has 0 saturated carbocycles. The monoisotopic (exact) mass is 361 g/mol. The van der Waals surface area contributed by atoms with Crippen molar-refractivity contribution in [2.24, 2.45) is 0 Å². The molecule has 24 heavy (non-hydrogen) atoms. The fourth-order valence-corrected chi connectivity index (χ4v) is 4.36. The molecule has 0 saturated heterocycles. The Morgan fingerprint density at radius 3 is 2.75 bits per heavy atom. The minimum Gasteiger partial charge on any atom is -0.323 e. The topological polar surface area (TPSA) is 88.2 Å². The van der Waals surface area contributed by atoms with Gasteiger partial charge in [0.1, 0.15) is 4.21 Å². The van der Waals surface area contributed by atoms with Crippen LogP contribution in [-0.4, -0.2) is 25.4 Å². The number of hydrogen-bond donors (Lipinski definition) is 2. The Labute approximate surface area is 143 Å². The molecule has 1 aromatic carbocycles. The van der Waals surface area contributed by atoms with E-state index >= 15 is 0 Å². The number of nitrogens with one attached hydrogen (secondary N) is 2. The Morgan fingerprint density at radius 2 is 2.00 bits per heavy atom. The minimum absolute atomic E-state index is 0.175. The first-order valence-corrected chi connectivity index (χ1v) is 9.53. The Balaban J connectivity index is 1.71. The lowest BCUT2D eigenvalue weighted by Crippen LogP contribution is -2.41. The van der Waals surface area contributed by atoms with Crippen LogP contribution in [0.25, 0.3) is 10.9 Å². The molecule has 0 radical (unpaired) electrons. The van der Waals surface area contributed by atoms with Gasteiger partial charge in [-0.2, -0.15) is 4.72 Å². The SMILES string of the molecule is CC(NS(=O)(=O)c1cccs1)C(=O)Nc1cnc2ccccc2c1. The predicted octanol–water partition coefficient (Wildman–Crippen LogP) is 2.60. The summed E-state index contributed by atoms with van der Waals surface area (Å²) in [5.41, 5.74) is 1.34. The first kappa shape index (κ1) is 16.6. The molecule has 2 N–H and O–H groups in total. The van der Waals surface area contributed by atoms with Gasteiger partial charge in [-0.25, -0.2) is 8.42 Å². The number of hydrogen-bond acceptors (Lipinski definition) is 5. The van der Waals surface area contributed by atoms with Crippen LogP contribution in [-0.2, 0) is 14.8 Å². The van der Waals surface area contributed by atoms with Crippen LogP contribution < -0.4 is 10.0 Å². The maximum Gasteiger partial charge on any atom is 0.250 e. The summed E-state index contributed by atoms with van der Waals surface area (Å²) in [4.78, 5) is 16.5. The van der Waals surface area contributed by atoms with Gasteiger partial charge in [-0.05, 0) is 30.5 Å². The molecule has 6 nitrogen and oxygen atoms in total. The molecular formula is C16H15N3O3S2. The highest BCUT2D eigenvalue weighted by Gasteiger charge is 2.22. The van der Waals surface area contributed by atoms with Crippen LogP contribution in [0.2, 0.25) is 0 Å². The normalized spacial score (nSPS) is 12.9. The minimum atomic E-state index is -3.70. The summed E-state index contributed by atoms with van der Waals surface area (Å²) in [7, 11) is -3.70. The van der Waals surface area contributed by atoms with Crippen LogP contribution in [0, 0.1) is 0 Å². The van der Waals surface area contributed by atoms with Crippen LogP contribution in [0.3, 0.4) is 0 Å². The average Bonchev–Trinajstić information content (AvgIpc) is 3.09. The van der Waals surface area contributed by atoms with Gasteiger partial charge in [0, 0.05) is 5.39 Å². The van der Waals surface area contributed by atoms with Crippen molar-refractivity contribution in [1.29, 1.82) is 0 Å². The first-order valence-electron chi connectivity index (χ1n) is 7.17. The van der Waals surface area contributed by atoms with Crippen molar-refractivity contribution in [1.82, 2.24) is 9.71 Å². The maximum absolute atomic E-state index is 12.2. The molecule has 1 amide bonds. The van der Waals surface area contributed by atoms with Crippen LogP contribution in [0.4, 0.5) is 5.69 Å². The Morgan fingerprint density at radius 1 is 1.21 bits per heavy atom. The number of para-hydroxylation sites is 1. The van der Waals surface area contributed by atoms with Gasteiger partial charge in [0.2, 0.25) is 5.91 Å². The van der Waals surface area contributed by atoms with E-state index in [0.29, 0.717) is 5.69 Å². The molecule has 0 aliphatic rings. The summed E-state index contributed by atoms with van der Waals surface area (Å²) in [6, 6.07) is 11.5. The van der Waals surface area contributed by atoms with Crippen molar-refractivity contribution < 1.29 is 13.2 Å². The third-order valence-electron chi connectivity index (χ3n) is 3.34. The predicted molar refractivity (Wildman–Crippen MR) is 94.5 cm³/mol. The van der Waals surface area contributed by atoms with Crippen LogP contribution >= 0.6 is 11.3 Å². The number of rotatable bonds is 5. The molecule has 1 atom stereocenters. The third-order valence-corrected chi connectivity index (χ3v) is 6.28. The van der Waals surface area contributed by atoms with Gasteiger partial charge in [-0.3, -0.25) is 9.78 Å². The molecule has 0 fully saturated rings. The molecule has 1 unspecified atom stereocenters. The standard InChI is InChI=1S/C16H15N3O3S2/c1-11(19-24(21,22)15-7-4-8-23-15)16(20)18-13-9-12-5-2-3-6-14(12)17-10-13/h2-11,19H,1H3,(H,18,20). The maximum atomic E-state index is 12.2. The van der Waals surface area contributed by atoms with E-state index in [1.54, 1.807) is 23.7 Å². The van der Waals surface area contributed by atoms with Gasteiger partial charge in [0.05, 0.1) is 23.4 Å². The molecule has 0 aliphatic heterocycles. The number of carbonyl (C=O) groups is 1. The lowest BCUT2D eigenvalue weighted by atomic mass is 10.2. The van der Waals surface area contributed by atoms with E-state index in [1.807, 2.05) is 24.3 Å². The second-order valence-electron chi connectivity index (χ2n) is 5.18. The number of nitrogens with zero attached hydrogens (tertiary/aromatic N) is 1. The molecule has 3 rings (SSSR count). The number of sulfonamides is 1. The fourth-order valence-electron chi connectivity index (χ4n) is 2.15. The number of pyridine rings is 1. The largest absolute Gasteiger partial charge is 0.323 e. The Hall–Kier alpha value is -2.29. The zero-order valence-corrected chi connectivity index (χ0v) is 14.4. The van der Waals surface area contributed by atoms with Crippen molar-refractivity contribution in [3.05, 3.63) is 54.0 Å². The first-order chi connectivity index (χ1) is 11.5. The summed E-state index contributed by atoms with van der Waals surface area (Å²) in [5, 5.41) is 5.23. The fraction of sp³-hybridized carbons (Fsp3) is 0.125. The van der Waals surface area contributed by atoms with Gasteiger partial charge in [-0.15, -0.1) is 11.3 Å². The number of aromatic nitrogens is 1. The number of carbonyl (C=O) groups excluding carboxylic acids is 1.